The molecule has 1 atom stereocenters. The van der Waals surface area contributed by atoms with E-state index >= 15 is 0 Å². The standard InChI is InChI=1S/C18H29NO5/c1-12(2)15-10-17(22)19(18(15)23)11-14(20)6-5-8-24-9-7-16(21)13(3)4/h12-13,15H,5-11H2,1-4H3. The molecule has 1 rings (SSSR count). The number of hydrogen-bond acceptors (Lipinski definition) is 5. The topological polar surface area (TPSA) is 80.8 Å². The van der Waals surface area contributed by atoms with Crippen LogP contribution in [-0.2, 0) is 23.9 Å². The van der Waals surface area contributed by atoms with E-state index in [1.165, 1.54) is 0 Å². The first-order valence-corrected chi connectivity index (χ1v) is 8.70. The summed E-state index contributed by atoms with van der Waals surface area (Å²) >= 11 is 0. The highest BCUT2D eigenvalue weighted by Crippen LogP contribution is 2.26. The number of carbonyl (C=O) groups is 4. The van der Waals surface area contributed by atoms with Crippen LogP contribution in [0.15, 0.2) is 0 Å². The Kier molecular flexibility index (Phi) is 8.25. The van der Waals surface area contributed by atoms with E-state index in [0.717, 1.165) is 4.90 Å². The number of amides is 2. The highest BCUT2D eigenvalue weighted by atomic mass is 16.5. The predicted octanol–water partition coefficient (Wildman–Crippen LogP) is 2.00. The van der Waals surface area contributed by atoms with Gasteiger partial charge in [0.1, 0.15) is 5.78 Å². The Morgan fingerprint density at radius 1 is 1.12 bits per heavy atom. The van der Waals surface area contributed by atoms with Gasteiger partial charge in [0.25, 0.3) is 0 Å². The van der Waals surface area contributed by atoms with Crippen molar-refractivity contribution in [3.05, 3.63) is 0 Å². The zero-order valence-electron chi connectivity index (χ0n) is 15.2. The molecule has 1 unspecified atom stereocenters. The van der Waals surface area contributed by atoms with Crippen molar-refractivity contribution in [1.29, 1.82) is 0 Å². The van der Waals surface area contributed by atoms with Gasteiger partial charge in [-0.15, -0.1) is 0 Å². The third kappa shape index (κ3) is 6.15. The maximum atomic E-state index is 12.1. The summed E-state index contributed by atoms with van der Waals surface area (Å²) in [6.45, 7) is 8.15. The Balaban J connectivity index is 2.22. The minimum atomic E-state index is -0.299. The van der Waals surface area contributed by atoms with E-state index in [0.29, 0.717) is 26.1 Å². The van der Waals surface area contributed by atoms with E-state index in [9.17, 15) is 19.2 Å². The molecular formula is C18H29NO5. The van der Waals surface area contributed by atoms with Gasteiger partial charge in [0.05, 0.1) is 13.2 Å². The molecule has 0 N–H and O–H groups in total. The normalized spacial score (nSPS) is 18.1. The fraction of sp³-hybridized carbons (Fsp3) is 0.778. The van der Waals surface area contributed by atoms with Crippen LogP contribution >= 0.6 is 0 Å². The molecule has 1 aliphatic rings. The molecule has 1 fully saturated rings. The molecule has 6 nitrogen and oxygen atoms in total. The highest BCUT2D eigenvalue weighted by Gasteiger charge is 2.40. The number of ether oxygens (including phenoxy) is 1. The van der Waals surface area contributed by atoms with E-state index in [4.69, 9.17) is 4.74 Å². The summed E-state index contributed by atoms with van der Waals surface area (Å²) in [6.07, 6.45) is 1.38. The van der Waals surface area contributed by atoms with Gasteiger partial charge in [0, 0.05) is 37.7 Å². The Bertz CT molecular complexity index is 484. The molecule has 1 aliphatic heterocycles. The fourth-order valence-corrected chi connectivity index (χ4v) is 2.59. The first-order valence-electron chi connectivity index (χ1n) is 8.70. The van der Waals surface area contributed by atoms with Gasteiger partial charge in [-0.25, -0.2) is 0 Å². The second kappa shape index (κ2) is 9.67. The smallest absolute Gasteiger partial charge is 0.233 e. The zero-order valence-corrected chi connectivity index (χ0v) is 15.2. The SMILES string of the molecule is CC(C)C(=O)CCOCCCC(=O)CN1C(=O)CC(C(C)C)C1=O. The van der Waals surface area contributed by atoms with Gasteiger partial charge in [-0.2, -0.15) is 0 Å². The molecule has 1 heterocycles. The molecule has 0 aromatic rings. The Morgan fingerprint density at radius 2 is 1.79 bits per heavy atom. The van der Waals surface area contributed by atoms with Crippen molar-refractivity contribution < 1.29 is 23.9 Å². The molecule has 6 heteroatoms. The van der Waals surface area contributed by atoms with Crippen molar-refractivity contribution in [2.24, 2.45) is 17.8 Å². The average molecular weight is 339 g/mol. The molecular weight excluding hydrogens is 310 g/mol. The average Bonchev–Trinajstić information content (AvgIpc) is 2.78. The molecule has 24 heavy (non-hydrogen) atoms. The van der Waals surface area contributed by atoms with Gasteiger partial charge >= 0.3 is 0 Å². The number of ketones is 2. The maximum absolute atomic E-state index is 12.1. The summed E-state index contributed by atoms with van der Waals surface area (Å²) in [5.41, 5.74) is 0. The van der Waals surface area contributed by atoms with Gasteiger partial charge in [0.2, 0.25) is 11.8 Å². The number of hydrogen-bond donors (Lipinski definition) is 0. The van der Waals surface area contributed by atoms with Gasteiger partial charge in [-0.05, 0) is 12.3 Å². The summed E-state index contributed by atoms with van der Waals surface area (Å²) in [5, 5.41) is 0. The molecule has 0 radical (unpaired) electrons. The molecule has 0 bridgehead atoms. The van der Waals surface area contributed by atoms with Crippen LogP contribution in [0.4, 0.5) is 0 Å². The van der Waals surface area contributed by atoms with Gasteiger partial charge in [0.15, 0.2) is 5.78 Å². The summed E-state index contributed by atoms with van der Waals surface area (Å²) in [7, 11) is 0. The van der Waals surface area contributed by atoms with Crippen LogP contribution in [0.25, 0.3) is 0 Å². The lowest BCUT2D eigenvalue weighted by Crippen LogP contribution is -2.36. The van der Waals surface area contributed by atoms with E-state index in [1.807, 2.05) is 27.7 Å². The third-order valence-electron chi connectivity index (χ3n) is 4.30. The van der Waals surface area contributed by atoms with Crippen LogP contribution in [0, 0.1) is 17.8 Å². The summed E-state index contributed by atoms with van der Waals surface area (Å²) < 4.78 is 5.35. The lowest BCUT2D eigenvalue weighted by Gasteiger charge is -2.15. The van der Waals surface area contributed by atoms with Crippen LogP contribution in [0.1, 0.15) is 53.4 Å². The fourth-order valence-electron chi connectivity index (χ4n) is 2.59. The molecule has 1 saturated heterocycles. The summed E-state index contributed by atoms with van der Waals surface area (Å²) in [4.78, 5) is 48.4. The van der Waals surface area contributed by atoms with Gasteiger partial charge in [-0.1, -0.05) is 27.7 Å². The van der Waals surface area contributed by atoms with Crippen LogP contribution in [0.2, 0.25) is 0 Å². The highest BCUT2D eigenvalue weighted by molar-refractivity contribution is 6.06. The maximum Gasteiger partial charge on any atom is 0.233 e. The number of rotatable bonds is 11. The van der Waals surface area contributed by atoms with E-state index in [-0.39, 0.29) is 60.5 Å². The molecule has 0 saturated carbocycles. The van der Waals surface area contributed by atoms with Crippen LogP contribution < -0.4 is 0 Å². The minimum Gasteiger partial charge on any atom is -0.381 e. The lowest BCUT2D eigenvalue weighted by atomic mass is 9.94. The zero-order chi connectivity index (χ0) is 18.3. The van der Waals surface area contributed by atoms with Crippen molar-refractivity contribution in [2.75, 3.05) is 19.8 Å². The van der Waals surface area contributed by atoms with Crippen LogP contribution in [-0.4, -0.2) is 48.0 Å². The Labute approximate surface area is 143 Å². The summed E-state index contributed by atoms with van der Waals surface area (Å²) in [5.74, 6) is -0.641. The molecule has 136 valence electrons. The Morgan fingerprint density at radius 3 is 2.33 bits per heavy atom. The van der Waals surface area contributed by atoms with Crippen molar-refractivity contribution in [3.8, 4) is 0 Å². The molecule has 0 aliphatic carbocycles. The predicted molar refractivity (Wildman–Crippen MR) is 89.2 cm³/mol. The number of nitrogens with zero attached hydrogens (tertiary/aromatic N) is 1. The minimum absolute atomic E-state index is 0.0142. The second-order valence-electron chi connectivity index (χ2n) is 7.00. The van der Waals surface area contributed by atoms with Gasteiger partial charge < -0.3 is 4.74 Å². The van der Waals surface area contributed by atoms with E-state index in [2.05, 4.69) is 0 Å². The lowest BCUT2D eigenvalue weighted by molar-refractivity contribution is -0.143. The van der Waals surface area contributed by atoms with E-state index < -0.39 is 0 Å². The van der Waals surface area contributed by atoms with Crippen molar-refractivity contribution in [1.82, 2.24) is 4.90 Å². The first-order chi connectivity index (χ1) is 11.2. The van der Waals surface area contributed by atoms with Crippen molar-refractivity contribution in [3.63, 3.8) is 0 Å². The summed E-state index contributed by atoms with van der Waals surface area (Å²) in [6, 6.07) is 0. The van der Waals surface area contributed by atoms with E-state index in [1.54, 1.807) is 0 Å². The number of carbonyl (C=O) groups excluding carboxylic acids is 4. The van der Waals surface area contributed by atoms with Gasteiger partial charge in [-0.3, -0.25) is 24.1 Å². The quantitative estimate of drug-likeness (QED) is 0.425. The molecule has 0 aromatic carbocycles. The Hall–Kier alpha value is -1.56. The largest absolute Gasteiger partial charge is 0.381 e. The first kappa shape index (κ1) is 20.5. The second-order valence-corrected chi connectivity index (χ2v) is 7.00. The third-order valence-corrected chi connectivity index (χ3v) is 4.30. The molecule has 0 aromatic heterocycles. The number of likely N-dealkylation sites (tertiary alicyclic amines) is 1. The molecule has 2 amide bonds. The van der Waals surface area contributed by atoms with Crippen molar-refractivity contribution in [2.45, 2.75) is 53.4 Å². The van der Waals surface area contributed by atoms with Crippen LogP contribution in [0.3, 0.4) is 0 Å². The van der Waals surface area contributed by atoms with Crippen molar-refractivity contribution >= 4 is 23.4 Å². The number of Topliss-reactive ketones (excluding diaryl/α,β-unsaturated/α-hetero) is 2. The monoisotopic (exact) mass is 339 g/mol. The van der Waals surface area contributed by atoms with Crippen LogP contribution in [0.5, 0.6) is 0 Å². The number of imide groups is 1. The molecule has 0 spiro atoms.